The van der Waals surface area contributed by atoms with Gasteiger partial charge >= 0.3 is 0 Å². The van der Waals surface area contributed by atoms with Gasteiger partial charge in [-0.25, -0.2) is 0 Å². The maximum Gasteiger partial charge on any atom is 0.254 e. The van der Waals surface area contributed by atoms with Crippen LogP contribution in [0.1, 0.15) is 22.3 Å². The predicted molar refractivity (Wildman–Crippen MR) is 76.3 cm³/mol. The fourth-order valence-corrected chi connectivity index (χ4v) is 2.60. The summed E-state index contributed by atoms with van der Waals surface area (Å²) in [6.07, 6.45) is 3.99. The summed E-state index contributed by atoms with van der Waals surface area (Å²) in [5.41, 5.74) is 1.90. The van der Waals surface area contributed by atoms with Crippen LogP contribution < -0.4 is 5.32 Å². The first-order valence-electron chi connectivity index (χ1n) is 6.90. The molecule has 3 rings (SSSR count). The topological polar surface area (TPSA) is 45.5 Å². The van der Waals surface area contributed by atoms with E-state index in [9.17, 15) is 4.79 Å². The van der Waals surface area contributed by atoms with Gasteiger partial charge in [-0.3, -0.25) is 9.69 Å². The van der Waals surface area contributed by atoms with Gasteiger partial charge < -0.3 is 9.73 Å². The average molecular weight is 270 g/mol. The normalized spacial score (nSPS) is 19.1. The van der Waals surface area contributed by atoms with E-state index >= 15 is 0 Å². The molecule has 1 aromatic carbocycles. The van der Waals surface area contributed by atoms with Crippen LogP contribution in [-0.2, 0) is 6.54 Å². The Labute approximate surface area is 118 Å². The van der Waals surface area contributed by atoms with Crippen molar-refractivity contribution in [1.82, 2.24) is 10.2 Å². The Balaban J connectivity index is 1.51. The second kappa shape index (κ2) is 5.92. The molecule has 0 aliphatic carbocycles. The summed E-state index contributed by atoms with van der Waals surface area (Å²) in [4.78, 5) is 14.3. The lowest BCUT2D eigenvalue weighted by atomic mass is 10.2. The van der Waals surface area contributed by atoms with Crippen molar-refractivity contribution in [2.24, 2.45) is 0 Å². The zero-order chi connectivity index (χ0) is 13.8. The van der Waals surface area contributed by atoms with Crippen molar-refractivity contribution in [3.05, 3.63) is 60.1 Å². The maximum atomic E-state index is 11.9. The second-order valence-electron chi connectivity index (χ2n) is 5.19. The van der Waals surface area contributed by atoms with Crippen LogP contribution in [0.4, 0.5) is 0 Å². The van der Waals surface area contributed by atoms with E-state index in [1.54, 1.807) is 6.07 Å². The molecular weight excluding hydrogens is 252 g/mol. The third kappa shape index (κ3) is 3.08. The molecular formula is C16H18N2O2. The van der Waals surface area contributed by atoms with Gasteiger partial charge in [0.15, 0.2) is 0 Å². The number of likely N-dealkylation sites (tertiary alicyclic amines) is 1. The van der Waals surface area contributed by atoms with E-state index in [-0.39, 0.29) is 11.9 Å². The Morgan fingerprint density at radius 3 is 2.90 bits per heavy atom. The van der Waals surface area contributed by atoms with Crippen molar-refractivity contribution in [2.45, 2.75) is 19.0 Å². The van der Waals surface area contributed by atoms with Crippen LogP contribution in [0, 0.1) is 0 Å². The highest BCUT2D eigenvalue weighted by Gasteiger charge is 2.24. The van der Waals surface area contributed by atoms with Gasteiger partial charge in [-0.15, -0.1) is 0 Å². The van der Waals surface area contributed by atoms with Gasteiger partial charge in [0, 0.05) is 25.7 Å². The van der Waals surface area contributed by atoms with Crippen LogP contribution in [0.5, 0.6) is 0 Å². The highest BCUT2D eigenvalue weighted by molar-refractivity contribution is 5.93. The van der Waals surface area contributed by atoms with Crippen molar-refractivity contribution in [3.63, 3.8) is 0 Å². The maximum absolute atomic E-state index is 11.9. The molecule has 0 bridgehead atoms. The van der Waals surface area contributed by atoms with Crippen molar-refractivity contribution >= 4 is 5.91 Å². The second-order valence-corrected chi connectivity index (χ2v) is 5.19. The molecule has 1 aliphatic heterocycles. The lowest BCUT2D eigenvalue weighted by Crippen LogP contribution is -2.36. The van der Waals surface area contributed by atoms with Crippen molar-refractivity contribution in [2.75, 3.05) is 13.1 Å². The summed E-state index contributed by atoms with van der Waals surface area (Å²) in [5.74, 6) is -0.0506. The van der Waals surface area contributed by atoms with E-state index in [1.807, 2.05) is 6.07 Å². The first-order chi connectivity index (χ1) is 9.81. The van der Waals surface area contributed by atoms with E-state index < -0.39 is 0 Å². The van der Waals surface area contributed by atoms with Crippen molar-refractivity contribution in [3.8, 4) is 0 Å². The molecule has 0 unspecified atom stereocenters. The van der Waals surface area contributed by atoms with Gasteiger partial charge in [0.05, 0.1) is 11.8 Å². The minimum Gasteiger partial charge on any atom is -0.472 e. The monoisotopic (exact) mass is 270 g/mol. The van der Waals surface area contributed by atoms with Crippen LogP contribution in [0.25, 0.3) is 0 Å². The molecule has 1 fully saturated rings. The Hall–Kier alpha value is -2.07. The fourth-order valence-electron chi connectivity index (χ4n) is 2.60. The number of nitrogens with one attached hydrogen (secondary N) is 1. The summed E-state index contributed by atoms with van der Waals surface area (Å²) in [6, 6.07) is 12.3. The standard InChI is InChI=1S/C16H18N2O2/c19-16(14-7-9-20-12-14)17-15-6-8-18(11-15)10-13-4-2-1-3-5-13/h1-5,7,9,12,15H,6,8,10-11H2,(H,17,19)/t15-/m1/s1. The largest absolute Gasteiger partial charge is 0.472 e. The van der Waals surface area contributed by atoms with Gasteiger partial charge in [0.1, 0.15) is 6.26 Å². The Morgan fingerprint density at radius 2 is 2.15 bits per heavy atom. The lowest BCUT2D eigenvalue weighted by Gasteiger charge is -2.16. The number of hydrogen-bond donors (Lipinski definition) is 1. The number of hydrogen-bond acceptors (Lipinski definition) is 3. The Kier molecular flexibility index (Phi) is 3.83. The third-order valence-corrected chi connectivity index (χ3v) is 3.64. The molecule has 2 heterocycles. The summed E-state index contributed by atoms with van der Waals surface area (Å²) in [5, 5.41) is 3.06. The molecule has 0 saturated carbocycles. The van der Waals surface area contributed by atoms with Crippen LogP contribution in [0.15, 0.2) is 53.3 Å². The molecule has 4 heteroatoms. The minimum absolute atomic E-state index is 0.0506. The van der Waals surface area contributed by atoms with E-state index in [4.69, 9.17) is 4.42 Å². The van der Waals surface area contributed by atoms with E-state index in [2.05, 4.69) is 34.5 Å². The third-order valence-electron chi connectivity index (χ3n) is 3.64. The molecule has 4 nitrogen and oxygen atoms in total. The minimum atomic E-state index is -0.0506. The molecule has 20 heavy (non-hydrogen) atoms. The fraction of sp³-hybridized carbons (Fsp3) is 0.312. The van der Waals surface area contributed by atoms with Crippen LogP contribution in [-0.4, -0.2) is 29.9 Å². The lowest BCUT2D eigenvalue weighted by molar-refractivity contribution is 0.0937. The Bertz CT molecular complexity index is 551. The van der Waals surface area contributed by atoms with Crippen molar-refractivity contribution < 1.29 is 9.21 Å². The molecule has 2 aromatic rings. The zero-order valence-corrected chi connectivity index (χ0v) is 11.3. The summed E-state index contributed by atoms with van der Waals surface area (Å²) in [7, 11) is 0. The summed E-state index contributed by atoms with van der Waals surface area (Å²) >= 11 is 0. The number of rotatable bonds is 4. The highest BCUT2D eigenvalue weighted by Crippen LogP contribution is 2.14. The molecule has 1 aromatic heterocycles. The van der Waals surface area contributed by atoms with Gasteiger partial charge in [-0.1, -0.05) is 30.3 Å². The number of amides is 1. The molecule has 1 saturated heterocycles. The number of benzene rings is 1. The summed E-state index contributed by atoms with van der Waals surface area (Å²) < 4.78 is 4.93. The van der Waals surface area contributed by atoms with Gasteiger partial charge in [-0.05, 0) is 18.1 Å². The molecule has 104 valence electrons. The van der Waals surface area contributed by atoms with Crippen LogP contribution in [0.3, 0.4) is 0 Å². The van der Waals surface area contributed by atoms with E-state index in [0.29, 0.717) is 5.56 Å². The number of nitrogens with zero attached hydrogens (tertiary/aromatic N) is 1. The molecule has 1 atom stereocenters. The first kappa shape index (κ1) is 12.9. The van der Waals surface area contributed by atoms with E-state index in [0.717, 1.165) is 26.1 Å². The molecule has 1 N–H and O–H groups in total. The quantitative estimate of drug-likeness (QED) is 0.927. The average Bonchev–Trinajstić information content (AvgIpc) is 3.11. The Morgan fingerprint density at radius 1 is 1.30 bits per heavy atom. The zero-order valence-electron chi connectivity index (χ0n) is 11.3. The summed E-state index contributed by atoms with van der Waals surface area (Å²) in [6.45, 7) is 2.86. The molecule has 1 aliphatic rings. The van der Waals surface area contributed by atoms with Gasteiger partial charge in [0.2, 0.25) is 0 Å². The van der Waals surface area contributed by atoms with Crippen molar-refractivity contribution in [1.29, 1.82) is 0 Å². The highest BCUT2D eigenvalue weighted by atomic mass is 16.3. The SMILES string of the molecule is O=C(N[C@@H]1CCN(Cc2ccccc2)C1)c1ccoc1. The van der Waals surface area contributed by atoms with E-state index in [1.165, 1.54) is 18.1 Å². The van der Waals surface area contributed by atoms with Gasteiger partial charge in [0.25, 0.3) is 5.91 Å². The number of carbonyl (C=O) groups is 1. The predicted octanol–water partition coefficient (Wildman–Crippen LogP) is 2.28. The molecule has 0 spiro atoms. The molecule has 0 radical (unpaired) electrons. The smallest absolute Gasteiger partial charge is 0.254 e. The van der Waals surface area contributed by atoms with Crippen LogP contribution in [0.2, 0.25) is 0 Å². The first-order valence-corrected chi connectivity index (χ1v) is 6.90. The number of carbonyl (C=O) groups excluding carboxylic acids is 1. The molecule has 1 amide bonds. The number of furan rings is 1. The van der Waals surface area contributed by atoms with Crippen LogP contribution >= 0.6 is 0 Å². The van der Waals surface area contributed by atoms with Gasteiger partial charge in [-0.2, -0.15) is 0 Å².